The van der Waals surface area contributed by atoms with Crippen molar-refractivity contribution in [1.29, 1.82) is 5.26 Å². The van der Waals surface area contributed by atoms with Crippen LogP contribution in [0.5, 0.6) is 0 Å². The lowest BCUT2D eigenvalue weighted by Crippen LogP contribution is -2.50. The molecule has 1 aliphatic heterocycles. The van der Waals surface area contributed by atoms with E-state index < -0.39 is 18.0 Å². The molecule has 0 saturated carbocycles. The van der Waals surface area contributed by atoms with Crippen molar-refractivity contribution >= 4 is 23.0 Å². The average Bonchev–Trinajstić information content (AvgIpc) is 3.26. The first-order valence-electron chi connectivity index (χ1n) is 11.2. The van der Waals surface area contributed by atoms with E-state index in [-0.39, 0.29) is 16.9 Å². The van der Waals surface area contributed by atoms with E-state index >= 15 is 0 Å². The van der Waals surface area contributed by atoms with Crippen molar-refractivity contribution in [3.63, 3.8) is 0 Å². The summed E-state index contributed by atoms with van der Waals surface area (Å²) in [5.74, 6) is -1.34. The first kappa shape index (κ1) is 23.3. The number of hydrogen-bond acceptors (Lipinski definition) is 7. The van der Waals surface area contributed by atoms with Crippen LogP contribution in [0.2, 0.25) is 0 Å². The SMILES string of the molecule is CC(C)(C)c1ccnc(-c2cnc3[nH]cc(C(=O)N[C@H](O)C(=O)N4CCC(C#N)CC4)c3n2)c1. The van der Waals surface area contributed by atoms with E-state index in [0.29, 0.717) is 48.5 Å². The van der Waals surface area contributed by atoms with Gasteiger partial charge in [-0.15, -0.1) is 0 Å². The summed E-state index contributed by atoms with van der Waals surface area (Å²) in [6.07, 6.45) is 4.14. The number of H-pyrrole nitrogens is 1. The Morgan fingerprint density at radius 1 is 1.26 bits per heavy atom. The quantitative estimate of drug-likeness (QED) is 0.504. The van der Waals surface area contributed by atoms with Crippen molar-refractivity contribution in [2.24, 2.45) is 5.92 Å². The minimum Gasteiger partial charge on any atom is -0.365 e. The number of nitrogens with one attached hydrogen (secondary N) is 2. The van der Waals surface area contributed by atoms with Crippen LogP contribution >= 0.6 is 0 Å². The van der Waals surface area contributed by atoms with Crippen molar-refractivity contribution in [2.75, 3.05) is 13.1 Å². The van der Waals surface area contributed by atoms with Gasteiger partial charge in [-0.05, 0) is 36.0 Å². The summed E-state index contributed by atoms with van der Waals surface area (Å²) < 4.78 is 0. The van der Waals surface area contributed by atoms with Gasteiger partial charge in [-0.2, -0.15) is 5.26 Å². The Bertz CT molecular complexity index is 1260. The summed E-state index contributed by atoms with van der Waals surface area (Å²) in [7, 11) is 0. The Labute approximate surface area is 197 Å². The zero-order valence-electron chi connectivity index (χ0n) is 19.4. The lowest BCUT2D eigenvalue weighted by molar-refractivity contribution is -0.142. The van der Waals surface area contributed by atoms with Crippen molar-refractivity contribution < 1.29 is 14.7 Å². The number of rotatable bonds is 4. The van der Waals surface area contributed by atoms with Crippen molar-refractivity contribution in [2.45, 2.75) is 45.3 Å². The molecule has 1 fully saturated rings. The number of aromatic nitrogens is 4. The molecule has 3 aromatic heterocycles. The molecule has 34 heavy (non-hydrogen) atoms. The number of hydrogen-bond donors (Lipinski definition) is 3. The average molecular weight is 462 g/mol. The second-order valence-electron chi connectivity index (χ2n) is 9.44. The van der Waals surface area contributed by atoms with Crippen LogP contribution in [0.4, 0.5) is 0 Å². The standard InChI is InChI=1S/C24H27N7O3/c1-24(2,3)15-4-7-26-17(10-15)18-13-28-20-19(29-18)16(12-27-20)21(32)30-22(33)23(34)31-8-5-14(11-25)6-9-31/h4,7,10,12-14,22,33H,5-6,8-9H2,1-3H3,(H,27,28)(H,30,32)/t22-/m1/s1. The molecule has 0 aromatic carbocycles. The van der Waals surface area contributed by atoms with Crippen LogP contribution in [-0.4, -0.2) is 61.1 Å². The molecule has 10 heteroatoms. The number of pyridine rings is 1. The molecular formula is C24H27N7O3. The van der Waals surface area contributed by atoms with Gasteiger partial charge in [0.1, 0.15) is 11.2 Å². The van der Waals surface area contributed by atoms with Crippen molar-refractivity contribution in [3.05, 3.63) is 41.9 Å². The summed E-state index contributed by atoms with van der Waals surface area (Å²) >= 11 is 0. The maximum absolute atomic E-state index is 12.9. The van der Waals surface area contributed by atoms with Gasteiger partial charge in [-0.1, -0.05) is 20.8 Å². The van der Waals surface area contributed by atoms with E-state index in [4.69, 9.17) is 5.26 Å². The number of likely N-dealkylation sites (tertiary alicyclic amines) is 1. The Kier molecular flexibility index (Phi) is 6.30. The lowest BCUT2D eigenvalue weighted by atomic mass is 9.87. The summed E-state index contributed by atoms with van der Waals surface area (Å²) in [6, 6.07) is 6.09. The van der Waals surface area contributed by atoms with Crippen LogP contribution in [0.25, 0.3) is 22.6 Å². The Morgan fingerprint density at radius 2 is 2.00 bits per heavy atom. The number of aliphatic hydroxyl groups excluding tert-OH is 1. The second-order valence-corrected chi connectivity index (χ2v) is 9.44. The van der Waals surface area contributed by atoms with Gasteiger partial charge in [0.05, 0.1) is 23.5 Å². The molecule has 10 nitrogen and oxygen atoms in total. The van der Waals surface area contributed by atoms with E-state index in [2.05, 4.69) is 52.1 Å². The fourth-order valence-electron chi connectivity index (χ4n) is 3.89. The number of carbonyl (C=O) groups is 2. The monoisotopic (exact) mass is 461 g/mol. The van der Waals surface area contributed by atoms with E-state index in [1.165, 1.54) is 11.1 Å². The number of carbonyl (C=O) groups excluding carboxylic acids is 2. The Morgan fingerprint density at radius 3 is 2.68 bits per heavy atom. The maximum Gasteiger partial charge on any atom is 0.272 e. The van der Waals surface area contributed by atoms with Gasteiger partial charge in [-0.3, -0.25) is 14.6 Å². The third-order valence-electron chi connectivity index (χ3n) is 6.00. The summed E-state index contributed by atoms with van der Waals surface area (Å²) in [5, 5.41) is 21.7. The van der Waals surface area contributed by atoms with Crippen LogP contribution in [0.15, 0.2) is 30.7 Å². The largest absolute Gasteiger partial charge is 0.365 e. The zero-order valence-corrected chi connectivity index (χ0v) is 19.4. The smallest absolute Gasteiger partial charge is 0.272 e. The molecule has 1 aliphatic rings. The van der Waals surface area contributed by atoms with Gasteiger partial charge < -0.3 is 20.3 Å². The van der Waals surface area contributed by atoms with Gasteiger partial charge >= 0.3 is 0 Å². The molecule has 1 atom stereocenters. The van der Waals surface area contributed by atoms with E-state index in [9.17, 15) is 14.7 Å². The second kappa shape index (κ2) is 9.19. The molecule has 0 aliphatic carbocycles. The fraction of sp³-hybridized carbons (Fsp3) is 0.417. The van der Waals surface area contributed by atoms with Gasteiger partial charge in [0.25, 0.3) is 11.8 Å². The predicted molar refractivity (Wildman–Crippen MR) is 124 cm³/mol. The highest BCUT2D eigenvalue weighted by molar-refractivity contribution is 6.05. The van der Waals surface area contributed by atoms with Crippen LogP contribution in [-0.2, 0) is 10.2 Å². The van der Waals surface area contributed by atoms with E-state index in [1.807, 2.05) is 12.1 Å². The summed E-state index contributed by atoms with van der Waals surface area (Å²) in [4.78, 5) is 43.1. The molecule has 0 radical (unpaired) electrons. The molecule has 4 heterocycles. The van der Waals surface area contributed by atoms with Crippen LogP contribution in [0.1, 0.15) is 49.5 Å². The van der Waals surface area contributed by atoms with Crippen molar-refractivity contribution in [3.8, 4) is 17.5 Å². The number of aliphatic hydroxyl groups is 1. The molecule has 3 N–H and O–H groups in total. The number of piperidine rings is 1. The molecule has 2 amide bonds. The molecule has 0 bridgehead atoms. The van der Waals surface area contributed by atoms with E-state index in [0.717, 1.165) is 5.56 Å². The third-order valence-corrected chi connectivity index (χ3v) is 6.00. The maximum atomic E-state index is 12.9. The number of amides is 2. The minimum atomic E-state index is -1.70. The first-order chi connectivity index (χ1) is 16.2. The number of nitriles is 1. The highest BCUT2D eigenvalue weighted by Gasteiger charge is 2.29. The normalized spacial score (nSPS) is 15.7. The van der Waals surface area contributed by atoms with Gasteiger partial charge in [0.2, 0.25) is 6.23 Å². The molecule has 1 saturated heterocycles. The number of nitrogens with zero attached hydrogens (tertiary/aromatic N) is 5. The molecule has 0 spiro atoms. The highest BCUT2D eigenvalue weighted by Crippen LogP contribution is 2.26. The highest BCUT2D eigenvalue weighted by atomic mass is 16.3. The van der Waals surface area contributed by atoms with Crippen LogP contribution in [0, 0.1) is 17.2 Å². The number of aromatic amines is 1. The van der Waals surface area contributed by atoms with Crippen molar-refractivity contribution in [1.82, 2.24) is 30.2 Å². The van der Waals surface area contributed by atoms with Crippen LogP contribution in [0.3, 0.4) is 0 Å². The van der Waals surface area contributed by atoms with E-state index in [1.54, 1.807) is 12.4 Å². The molecule has 0 unspecified atom stereocenters. The van der Waals surface area contributed by atoms with Crippen LogP contribution < -0.4 is 5.32 Å². The fourth-order valence-corrected chi connectivity index (χ4v) is 3.89. The third kappa shape index (κ3) is 4.75. The van der Waals surface area contributed by atoms with Gasteiger partial charge in [-0.25, -0.2) is 9.97 Å². The lowest BCUT2D eigenvalue weighted by Gasteiger charge is -2.30. The topological polar surface area (TPSA) is 148 Å². The zero-order chi connectivity index (χ0) is 24.5. The first-order valence-corrected chi connectivity index (χ1v) is 11.2. The molecule has 4 rings (SSSR count). The Balaban J connectivity index is 1.53. The summed E-state index contributed by atoms with van der Waals surface area (Å²) in [5.41, 5.74) is 3.03. The molecule has 3 aromatic rings. The molecule has 176 valence electrons. The van der Waals surface area contributed by atoms with Gasteiger partial charge in [0.15, 0.2) is 5.65 Å². The number of fused-ring (bicyclic) bond motifs is 1. The Hall–Kier alpha value is -3.84. The van der Waals surface area contributed by atoms with Gasteiger partial charge in [0, 0.05) is 31.4 Å². The predicted octanol–water partition coefficient (Wildman–Crippen LogP) is 2.13. The molecular weight excluding hydrogens is 434 g/mol. The minimum absolute atomic E-state index is 0.0685. The summed E-state index contributed by atoms with van der Waals surface area (Å²) in [6.45, 7) is 7.05.